The number of carboxylic acid groups (broad SMARTS) is 1. The Morgan fingerprint density at radius 2 is 1.50 bits per heavy atom. The molecule has 24 heavy (non-hydrogen) atoms. The van der Waals surface area contributed by atoms with Crippen molar-refractivity contribution in [1.29, 1.82) is 0 Å². The first kappa shape index (κ1) is 22.6. The fourth-order valence-electron chi connectivity index (χ4n) is 2.22. The van der Waals surface area contributed by atoms with E-state index in [9.17, 15) is 15.0 Å². The van der Waals surface area contributed by atoms with Crippen molar-refractivity contribution < 1.29 is 20.1 Å². The van der Waals surface area contributed by atoms with Crippen LogP contribution in [0.4, 0.5) is 0 Å². The van der Waals surface area contributed by atoms with E-state index in [1.807, 2.05) is 12.2 Å². The van der Waals surface area contributed by atoms with Gasteiger partial charge in [0.1, 0.15) is 0 Å². The summed E-state index contributed by atoms with van der Waals surface area (Å²) in [6.07, 6.45) is 18.6. The molecule has 0 amide bonds. The molecule has 3 N–H and O–H groups in total. The Morgan fingerprint density at radius 1 is 0.875 bits per heavy atom. The fourth-order valence-corrected chi connectivity index (χ4v) is 2.22. The summed E-state index contributed by atoms with van der Waals surface area (Å²) in [5, 5.41) is 28.0. The van der Waals surface area contributed by atoms with Gasteiger partial charge < -0.3 is 15.3 Å². The number of allylic oxidation sites excluding steroid dienone is 5. The lowest BCUT2D eigenvalue weighted by molar-refractivity contribution is -0.137. The zero-order valence-corrected chi connectivity index (χ0v) is 14.9. The summed E-state index contributed by atoms with van der Waals surface area (Å²) in [5.41, 5.74) is 0. The molecule has 4 nitrogen and oxygen atoms in total. The minimum absolute atomic E-state index is 0.0253. The molecule has 0 aliphatic heterocycles. The predicted octanol–water partition coefficient (Wildman–Crippen LogP) is 4.38. The first-order valence-corrected chi connectivity index (χ1v) is 9.10. The van der Waals surface area contributed by atoms with Crippen molar-refractivity contribution in [2.24, 2.45) is 0 Å². The molecule has 0 aliphatic rings. The second kappa shape index (κ2) is 16.5. The summed E-state index contributed by atoms with van der Waals surface area (Å²) >= 11 is 0. The highest BCUT2D eigenvalue weighted by molar-refractivity contribution is 5.66. The average molecular weight is 338 g/mol. The summed E-state index contributed by atoms with van der Waals surface area (Å²) in [4.78, 5) is 10.4. The van der Waals surface area contributed by atoms with Crippen LogP contribution in [0.15, 0.2) is 36.5 Å². The minimum atomic E-state index is -0.876. The van der Waals surface area contributed by atoms with Gasteiger partial charge in [0.25, 0.3) is 0 Å². The maximum Gasteiger partial charge on any atom is 0.303 e. The molecule has 0 saturated carbocycles. The average Bonchev–Trinajstić information content (AvgIpc) is 2.55. The van der Waals surface area contributed by atoms with E-state index in [0.29, 0.717) is 19.3 Å². The Bertz CT molecular complexity index is 385. The third kappa shape index (κ3) is 15.5. The molecule has 2 unspecified atom stereocenters. The second-order valence-electron chi connectivity index (χ2n) is 6.04. The molecular weight excluding hydrogens is 304 g/mol. The topological polar surface area (TPSA) is 77.8 Å². The third-order valence-corrected chi connectivity index (χ3v) is 3.73. The lowest BCUT2D eigenvalue weighted by Crippen LogP contribution is -2.25. The molecule has 138 valence electrons. The zero-order chi connectivity index (χ0) is 18.0. The summed E-state index contributed by atoms with van der Waals surface area (Å²) in [6.45, 7) is 2.21. The van der Waals surface area contributed by atoms with Gasteiger partial charge in [-0.25, -0.2) is 0 Å². The number of aliphatic hydroxyl groups excluding tert-OH is 2. The van der Waals surface area contributed by atoms with Crippen molar-refractivity contribution in [3.63, 3.8) is 0 Å². The quantitative estimate of drug-likeness (QED) is 0.306. The number of aliphatic carboxylic acids is 1. The van der Waals surface area contributed by atoms with Gasteiger partial charge in [-0.05, 0) is 44.9 Å². The van der Waals surface area contributed by atoms with Gasteiger partial charge in [0.15, 0.2) is 0 Å². The number of hydrogen-bond acceptors (Lipinski definition) is 3. The van der Waals surface area contributed by atoms with Crippen LogP contribution in [0, 0.1) is 0 Å². The van der Waals surface area contributed by atoms with Crippen LogP contribution in [-0.2, 0) is 4.79 Å². The van der Waals surface area contributed by atoms with Crippen molar-refractivity contribution in [3.05, 3.63) is 36.5 Å². The van der Waals surface area contributed by atoms with Crippen LogP contribution in [-0.4, -0.2) is 33.5 Å². The Labute approximate surface area is 146 Å². The van der Waals surface area contributed by atoms with E-state index in [-0.39, 0.29) is 6.42 Å². The smallest absolute Gasteiger partial charge is 0.303 e. The summed E-state index contributed by atoms with van der Waals surface area (Å²) in [5.74, 6) is -0.876. The highest BCUT2D eigenvalue weighted by Crippen LogP contribution is 2.09. The molecule has 0 aromatic heterocycles. The summed E-state index contributed by atoms with van der Waals surface area (Å²) in [6, 6.07) is 0. The normalized spacial score (nSPS) is 14.8. The number of rotatable bonds is 15. The number of hydrogen-bond donors (Lipinski definition) is 3. The maximum atomic E-state index is 10.4. The Kier molecular flexibility index (Phi) is 15.5. The SMILES string of the molecule is CCCCC/C=C\C/C=C\C/C=C\CC(O)C(O)CCCC(=O)O. The van der Waals surface area contributed by atoms with Crippen LogP contribution < -0.4 is 0 Å². The van der Waals surface area contributed by atoms with E-state index in [0.717, 1.165) is 19.3 Å². The van der Waals surface area contributed by atoms with Gasteiger partial charge in [-0.3, -0.25) is 4.79 Å². The lowest BCUT2D eigenvalue weighted by Gasteiger charge is -2.15. The Morgan fingerprint density at radius 3 is 2.12 bits per heavy atom. The molecular formula is C20H34O4. The molecule has 4 heteroatoms. The van der Waals surface area contributed by atoms with Crippen molar-refractivity contribution in [1.82, 2.24) is 0 Å². The van der Waals surface area contributed by atoms with Gasteiger partial charge in [-0.15, -0.1) is 0 Å². The molecule has 0 aliphatic carbocycles. The van der Waals surface area contributed by atoms with Gasteiger partial charge in [-0.1, -0.05) is 56.2 Å². The van der Waals surface area contributed by atoms with E-state index < -0.39 is 18.2 Å². The van der Waals surface area contributed by atoms with Crippen molar-refractivity contribution >= 4 is 5.97 Å². The van der Waals surface area contributed by atoms with Crippen LogP contribution in [0.25, 0.3) is 0 Å². The molecule has 0 spiro atoms. The van der Waals surface area contributed by atoms with Gasteiger partial charge in [0, 0.05) is 6.42 Å². The summed E-state index contributed by atoms with van der Waals surface area (Å²) < 4.78 is 0. The monoisotopic (exact) mass is 338 g/mol. The first-order chi connectivity index (χ1) is 11.6. The molecule has 0 radical (unpaired) electrons. The number of unbranched alkanes of at least 4 members (excludes halogenated alkanes) is 3. The standard InChI is InChI=1S/C20H34O4/c1-2-3-4-5-6-7-8-9-10-11-12-13-15-18(21)19(22)16-14-17-20(23)24/h6-7,9-10,12-13,18-19,21-22H,2-5,8,11,14-17H2,1H3,(H,23,24)/b7-6-,10-9-,13-12-. The maximum absolute atomic E-state index is 10.4. The van der Waals surface area contributed by atoms with Gasteiger partial charge in [0.2, 0.25) is 0 Å². The van der Waals surface area contributed by atoms with Crippen molar-refractivity contribution in [3.8, 4) is 0 Å². The van der Waals surface area contributed by atoms with Crippen LogP contribution >= 0.6 is 0 Å². The van der Waals surface area contributed by atoms with Gasteiger partial charge >= 0.3 is 5.97 Å². The molecule has 0 bridgehead atoms. The molecule has 2 atom stereocenters. The van der Waals surface area contributed by atoms with Gasteiger partial charge in [-0.2, -0.15) is 0 Å². The van der Waals surface area contributed by atoms with Crippen LogP contribution in [0.5, 0.6) is 0 Å². The largest absolute Gasteiger partial charge is 0.481 e. The van der Waals surface area contributed by atoms with Crippen molar-refractivity contribution in [2.45, 2.75) is 83.3 Å². The second-order valence-corrected chi connectivity index (χ2v) is 6.04. The van der Waals surface area contributed by atoms with E-state index >= 15 is 0 Å². The van der Waals surface area contributed by atoms with Crippen LogP contribution in [0.2, 0.25) is 0 Å². The first-order valence-electron chi connectivity index (χ1n) is 9.10. The molecule has 0 fully saturated rings. The number of aliphatic hydroxyl groups is 2. The highest BCUT2D eigenvalue weighted by Gasteiger charge is 2.14. The highest BCUT2D eigenvalue weighted by atomic mass is 16.4. The summed E-state index contributed by atoms with van der Waals surface area (Å²) in [7, 11) is 0. The zero-order valence-electron chi connectivity index (χ0n) is 14.9. The number of carboxylic acids is 1. The van der Waals surface area contributed by atoms with Gasteiger partial charge in [0.05, 0.1) is 12.2 Å². The molecule has 0 saturated heterocycles. The van der Waals surface area contributed by atoms with Crippen LogP contribution in [0.1, 0.15) is 71.1 Å². The van der Waals surface area contributed by atoms with E-state index in [2.05, 4.69) is 31.2 Å². The Hall–Kier alpha value is -1.39. The van der Waals surface area contributed by atoms with E-state index in [4.69, 9.17) is 5.11 Å². The fraction of sp³-hybridized carbons (Fsp3) is 0.650. The lowest BCUT2D eigenvalue weighted by atomic mass is 10.0. The molecule has 0 aromatic carbocycles. The third-order valence-electron chi connectivity index (χ3n) is 3.73. The molecule has 0 heterocycles. The predicted molar refractivity (Wildman–Crippen MR) is 98.9 cm³/mol. The van der Waals surface area contributed by atoms with Crippen LogP contribution in [0.3, 0.4) is 0 Å². The number of carbonyl (C=O) groups is 1. The minimum Gasteiger partial charge on any atom is -0.481 e. The van der Waals surface area contributed by atoms with E-state index in [1.54, 1.807) is 0 Å². The van der Waals surface area contributed by atoms with E-state index in [1.165, 1.54) is 19.3 Å². The van der Waals surface area contributed by atoms with Crippen molar-refractivity contribution in [2.75, 3.05) is 0 Å². The Balaban J connectivity index is 3.65. The molecule has 0 rings (SSSR count). The molecule has 0 aromatic rings.